The molecule has 2 aromatic rings. The molecule has 6 nitrogen and oxygen atoms in total. The van der Waals surface area contributed by atoms with Gasteiger partial charge in [0.2, 0.25) is 0 Å². The molecule has 1 N–H and O–H groups in total. The average molecular weight is 359 g/mol. The summed E-state index contributed by atoms with van der Waals surface area (Å²) in [6, 6.07) is 11.8. The Kier molecular flexibility index (Phi) is 4.63. The first-order valence-electron chi connectivity index (χ1n) is 7.38. The molecule has 0 bridgehead atoms. The van der Waals surface area contributed by atoms with E-state index in [9.17, 15) is 9.59 Å². The van der Waals surface area contributed by atoms with Crippen molar-refractivity contribution in [1.29, 1.82) is 0 Å². The monoisotopic (exact) mass is 358 g/mol. The minimum absolute atomic E-state index is 0.0206. The second-order valence-corrected chi connectivity index (χ2v) is 5.67. The highest BCUT2D eigenvalue weighted by Gasteiger charge is 2.34. The molecule has 0 radical (unpaired) electrons. The molecule has 1 aliphatic rings. The highest BCUT2D eigenvalue weighted by molar-refractivity contribution is 6.33. The van der Waals surface area contributed by atoms with Crippen LogP contribution in [0, 0.1) is 0 Å². The second kappa shape index (κ2) is 6.86. The van der Waals surface area contributed by atoms with Gasteiger partial charge in [-0.05, 0) is 42.0 Å². The smallest absolute Gasteiger partial charge is 0.282 e. The molecule has 3 rings (SSSR count). The molecule has 1 aliphatic heterocycles. The first-order chi connectivity index (χ1) is 12.0. The lowest BCUT2D eigenvalue weighted by molar-refractivity contribution is -0.117. The van der Waals surface area contributed by atoms with Crippen LogP contribution in [-0.2, 0) is 9.59 Å². The second-order valence-electron chi connectivity index (χ2n) is 5.23. The number of nitrogens with one attached hydrogen (secondary N) is 1. The summed E-state index contributed by atoms with van der Waals surface area (Å²) in [5.41, 5.74) is 3.68. The number of ether oxygens (including phenoxy) is 2. The lowest BCUT2D eigenvalue weighted by atomic mass is 10.1. The van der Waals surface area contributed by atoms with E-state index >= 15 is 0 Å². The van der Waals surface area contributed by atoms with Gasteiger partial charge in [-0.25, -0.2) is 5.01 Å². The minimum atomic E-state index is -0.486. The number of carbonyl (C=O) groups is 2. The minimum Gasteiger partial charge on any atom is -0.493 e. The number of hydrogen-bond donors (Lipinski definition) is 1. The van der Waals surface area contributed by atoms with Gasteiger partial charge in [0.15, 0.2) is 11.5 Å². The van der Waals surface area contributed by atoms with Crippen LogP contribution < -0.4 is 19.9 Å². The molecule has 7 heteroatoms. The summed E-state index contributed by atoms with van der Waals surface area (Å²) >= 11 is 5.94. The molecule has 2 aromatic carbocycles. The van der Waals surface area contributed by atoms with Crippen molar-refractivity contribution in [3.63, 3.8) is 0 Å². The predicted molar refractivity (Wildman–Crippen MR) is 94.6 cm³/mol. The van der Waals surface area contributed by atoms with E-state index in [-0.39, 0.29) is 5.57 Å². The van der Waals surface area contributed by atoms with Crippen molar-refractivity contribution in [3.8, 4) is 11.5 Å². The maximum Gasteiger partial charge on any atom is 0.282 e. The summed E-state index contributed by atoms with van der Waals surface area (Å²) in [6.45, 7) is 0. The van der Waals surface area contributed by atoms with Crippen LogP contribution in [0.4, 0.5) is 5.69 Å². The Balaban J connectivity index is 1.94. The van der Waals surface area contributed by atoms with E-state index < -0.39 is 11.8 Å². The molecule has 0 saturated carbocycles. The van der Waals surface area contributed by atoms with Gasteiger partial charge in [0, 0.05) is 5.02 Å². The quantitative estimate of drug-likeness (QED) is 0.674. The van der Waals surface area contributed by atoms with Crippen LogP contribution >= 0.6 is 11.6 Å². The SMILES string of the molecule is COc1ccc(/C=C2/C(=O)NN(c3cccc(Cl)c3)C2=O)cc1OC. The number of benzene rings is 2. The van der Waals surface area contributed by atoms with Gasteiger partial charge >= 0.3 is 0 Å². The number of hydrazine groups is 1. The maximum atomic E-state index is 12.6. The Hall–Kier alpha value is -2.99. The van der Waals surface area contributed by atoms with E-state index in [1.54, 1.807) is 42.5 Å². The number of rotatable bonds is 4. The summed E-state index contributed by atoms with van der Waals surface area (Å²) in [7, 11) is 3.05. The van der Waals surface area contributed by atoms with E-state index in [1.807, 2.05) is 0 Å². The molecular weight excluding hydrogens is 344 g/mol. The highest BCUT2D eigenvalue weighted by atomic mass is 35.5. The van der Waals surface area contributed by atoms with Crippen molar-refractivity contribution >= 4 is 35.2 Å². The van der Waals surface area contributed by atoms with Gasteiger partial charge in [0.05, 0.1) is 19.9 Å². The van der Waals surface area contributed by atoms with Crippen LogP contribution in [0.25, 0.3) is 6.08 Å². The topological polar surface area (TPSA) is 67.9 Å². The van der Waals surface area contributed by atoms with Gasteiger partial charge < -0.3 is 9.47 Å². The Morgan fingerprint density at radius 1 is 1.04 bits per heavy atom. The van der Waals surface area contributed by atoms with Crippen LogP contribution in [-0.4, -0.2) is 26.0 Å². The maximum absolute atomic E-state index is 12.6. The van der Waals surface area contributed by atoms with Crippen molar-refractivity contribution < 1.29 is 19.1 Å². The fourth-order valence-corrected chi connectivity index (χ4v) is 2.65. The van der Waals surface area contributed by atoms with E-state index in [0.29, 0.717) is 27.8 Å². The number of anilines is 1. The molecule has 0 spiro atoms. The van der Waals surface area contributed by atoms with Crippen LogP contribution in [0.3, 0.4) is 0 Å². The summed E-state index contributed by atoms with van der Waals surface area (Å²) in [5.74, 6) is 0.128. The van der Waals surface area contributed by atoms with Crippen LogP contribution in [0.15, 0.2) is 48.0 Å². The Morgan fingerprint density at radius 2 is 1.80 bits per heavy atom. The predicted octanol–water partition coefficient (Wildman–Crippen LogP) is 2.82. The van der Waals surface area contributed by atoms with Gasteiger partial charge in [-0.15, -0.1) is 0 Å². The third-order valence-corrected chi connectivity index (χ3v) is 3.91. The molecular formula is C18H15ClN2O4. The zero-order chi connectivity index (χ0) is 18.0. The fourth-order valence-electron chi connectivity index (χ4n) is 2.46. The molecule has 1 saturated heterocycles. The lowest BCUT2D eigenvalue weighted by Crippen LogP contribution is -2.35. The van der Waals surface area contributed by atoms with Gasteiger partial charge in [-0.3, -0.25) is 15.0 Å². The molecule has 25 heavy (non-hydrogen) atoms. The zero-order valence-corrected chi connectivity index (χ0v) is 14.3. The third kappa shape index (κ3) is 3.29. The molecule has 0 aliphatic carbocycles. The van der Waals surface area contributed by atoms with Crippen LogP contribution in [0.5, 0.6) is 11.5 Å². The highest BCUT2D eigenvalue weighted by Crippen LogP contribution is 2.29. The van der Waals surface area contributed by atoms with Crippen molar-refractivity contribution in [1.82, 2.24) is 5.43 Å². The first kappa shape index (κ1) is 16.9. The molecule has 1 fully saturated rings. The molecule has 0 unspecified atom stereocenters. The normalized spacial score (nSPS) is 15.5. The molecule has 2 amide bonds. The molecule has 1 heterocycles. The van der Waals surface area contributed by atoms with E-state index in [1.165, 1.54) is 25.3 Å². The Labute approximate surface area is 149 Å². The van der Waals surface area contributed by atoms with Crippen molar-refractivity contribution in [2.45, 2.75) is 0 Å². The number of carbonyl (C=O) groups excluding carboxylic acids is 2. The summed E-state index contributed by atoms with van der Waals surface area (Å²) < 4.78 is 10.4. The van der Waals surface area contributed by atoms with Crippen molar-refractivity contribution in [3.05, 3.63) is 58.6 Å². The standard InChI is InChI=1S/C18H15ClN2O4/c1-24-15-7-6-11(9-16(15)25-2)8-14-17(22)20-21(18(14)23)13-5-3-4-12(19)10-13/h3-10H,1-2H3,(H,20,22)/b14-8-. The number of nitrogens with zero attached hydrogens (tertiary/aromatic N) is 1. The zero-order valence-electron chi connectivity index (χ0n) is 13.6. The number of methoxy groups -OCH3 is 2. The summed E-state index contributed by atoms with van der Waals surface area (Å²) in [5, 5.41) is 1.64. The van der Waals surface area contributed by atoms with Crippen LogP contribution in [0.1, 0.15) is 5.56 Å². The largest absolute Gasteiger partial charge is 0.493 e. The summed E-state index contributed by atoms with van der Waals surface area (Å²) in [6.07, 6.45) is 1.50. The Bertz CT molecular complexity index is 879. The molecule has 0 atom stereocenters. The van der Waals surface area contributed by atoms with Gasteiger partial charge in [0.1, 0.15) is 5.57 Å². The molecule has 128 valence electrons. The number of amides is 2. The average Bonchev–Trinajstić information content (AvgIpc) is 2.89. The fraction of sp³-hybridized carbons (Fsp3) is 0.111. The van der Waals surface area contributed by atoms with E-state index in [0.717, 1.165) is 0 Å². The Morgan fingerprint density at radius 3 is 2.48 bits per heavy atom. The van der Waals surface area contributed by atoms with Crippen LogP contribution in [0.2, 0.25) is 5.02 Å². The first-order valence-corrected chi connectivity index (χ1v) is 7.76. The molecule has 0 aromatic heterocycles. The van der Waals surface area contributed by atoms with E-state index in [4.69, 9.17) is 21.1 Å². The van der Waals surface area contributed by atoms with Gasteiger partial charge in [-0.1, -0.05) is 23.7 Å². The number of halogens is 1. The number of hydrogen-bond acceptors (Lipinski definition) is 4. The summed E-state index contributed by atoms with van der Waals surface area (Å²) in [4.78, 5) is 24.8. The van der Waals surface area contributed by atoms with Crippen molar-refractivity contribution in [2.75, 3.05) is 19.2 Å². The lowest BCUT2D eigenvalue weighted by Gasteiger charge is -2.14. The van der Waals surface area contributed by atoms with Gasteiger partial charge in [0.25, 0.3) is 11.8 Å². The van der Waals surface area contributed by atoms with E-state index in [2.05, 4.69) is 5.43 Å². The third-order valence-electron chi connectivity index (χ3n) is 3.68. The van der Waals surface area contributed by atoms with Crippen molar-refractivity contribution in [2.24, 2.45) is 0 Å². The van der Waals surface area contributed by atoms with Gasteiger partial charge in [-0.2, -0.15) is 0 Å².